The summed E-state index contributed by atoms with van der Waals surface area (Å²) in [6.45, 7) is 3.94. The molecule has 0 aliphatic carbocycles. The van der Waals surface area contributed by atoms with Crippen LogP contribution < -0.4 is 4.74 Å². The number of rotatable bonds is 3. The van der Waals surface area contributed by atoms with Crippen molar-refractivity contribution in [2.24, 2.45) is 0 Å². The van der Waals surface area contributed by atoms with Gasteiger partial charge in [0.1, 0.15) is 11.7 Å². The number of hydrogen-bond donors (Lipinski definition) is 0. The van der Waals surface area contributed by atoms with Crippen LogP contribution in [0.4, 0.5) is 0 Å². The zero-order valence-electron chi connectivity index (χ0n) is 10.6. The first-order valence-electron chi connectivity index (χ1n) is 5.74. The summed E-state index contributed by atoms with van der Waals surface area (Å²) in [6.07, 6.45) is 1.98. The summed E-state index contributed by atoms with van der Waals surface area (Å²) in [5, 5.41) is 0. The van der Waals surface area contributed by atoms with Crippen molar-refractivity contribution >= 4 is 0 Å². The molecule has 0 atom stereocenters. The van der Waals surface area contributed by atoms with Gasteiger partial charge in [-0.25, -0.2) is 0 Å². The Labute approximate surface area is 104 Å². The largest absolute Gasteiger partial charge is 0.497 e. The Hall–Kier alpha value is -1.86. The highest BCUT2D eigenvalue weighted by atomic mass is 16.5. The number of unbranched alkanes of at least 4 members (excludes halogenated alkanes) is 1. The Morgan fingerprint density at radius 2 is 1.88 bits per heavy atom. The standard InChI is InChI=1S/C16H17O/c1-4-6-7-9-14(8-5-2)15-10-12-16(17-3)13-11-15/h10-13H,4,6H2,1-3H3. The molecule has 0 aliphatic rings. The lowest BCUT2D eigenvalue weighted by molar-refractivity contribution is 0.414. The van der Waals surface area contributed by atoms with Crippen LogP contribution in [-0.4, -0.2) is 7.11 Å². The van der Waals surface area contributed by atoms with E-state index in [-0.39, 0.29) is 0 Å². The molecule has 1 heteroatoms. The summed E-state index contributed by atoms with van der Waals surface area (Å²) in [5.41, 5.74) is 1.05. The third-order valence-electron chi connectivity index (χ3n) is 2.22. The SMILES string of the molecule is CC#C[C](C#CCCC)c1ccc(OC)cc1. The average molecular weight is 225 g/mol. The molecule has 0 heterocycles. The van der Waals surface area contributed by atoms with E-state index < -0.39 is 0 Å². The number of hydrogen-bond acceptors (Lipinski definition) is 1. The minimum atomic E-state index is 0.846. The fraction of sp³-hybridized carbons (Fsp3) is 0.312. The smallest absolute Gasteiger partial charge is 0.148 e. The Kier molecular flexibility index (Phi) is 5.76. The second kappa shape index (κ2) is 7.42. The number of methoxy groups -OCH3 is 1. The molecule has 0 aromatic heterocycles. The Morgan fingerprint density at radius 3 is 2.41 bits per heavy atom. The van der Waals surface area contributed by atoms with Crippen molar-refractivity contribution in [1.82, 2.24) is 0 Å². The Bertz CT molecular complexity index is 448. The average Bonchev–Trinajstić information content (AvgIpc) is 2.38. The van der Waals surface area contributed by atoms with Crippen LogP contribution in [0, 0.1) is 29.6 Å². The van der Waals surface area contributed by atoms with Crippen LogP contribution in [0.3, 0.4) is 0 Å². The van der Waals surface area contributed by atoms with Crippen LogP contribution in [0.25, 0.3) is 0 Å². The Morgan fingerprint density at radius 1 is 1.18 bits per heavy atom. The molecule has 0 unspecified atom stereocenters. The van der Waals surface area contributed by atoms with Gasteiger partial charge >= 0.3 is 0 Å². The molecule has 0 saturated carbocycles. The van der Waals surface area contributed by atoms with Gasteiger partial charge in [0, 0.05) is 6.42 Å². The van der Waals surface area contributed by atoms with Crippen molar-refractivity contribution in [3.05, 3.63) is 35.7 Å². The van der Waals surface area contributed by atoms with Gasteiger partial charge in [0.05, 0.1) is 7.11 Å². The van der Waals surface area contributed by atoms with Gasteiger partial charge in [-0.1, -0.05) is 30.9 Å². The summed E-state index contributed by atoms with van der Waals surface area (Å²) in [6, 6.07) is 7.82. The van der Waals surface area contributed by atoms with Crippen molar-refractivity contribution in [2.45, 2.75) is 26.7 Å². The van der Waals surface area contributed by atoms with E-state index in [1.807, 2.05) is 31.2 Å². The molecule has 1 radical (unpaired) electrons. The van der Waals surface area contributed by atoms with Gasteiger partial charge in [-0.15, -0.1) is 11.8 Å². The molecule has 0 bridgehead atoms. The van der Waals surface area contributed by atoms with Crippen LogP contribution in [-0.2, 0) is 0 Å². The van der Waals surface area contributed by atoms with Crippen LogP contribution in [0.1, 0.15) is 32.3 Å². The van der Waals surface area contributed by atoms with Gasteiger partial charge in [0.25, 0.3) is 0 Å². The maximum Gasteiger partial charge on any atom is 0.148 e. The van der Waals surface area contributed by atoms with Gasteiger partial charge < -0.3 is 4.74 Å². The van der Waals surface area contributed by atoms with Gasteiger partial charge in [-0.05, 0) is 31.0 Å². The summed E-state index contributed by atoms with van der Waals surface area (Å²) in [5.74, 6) is 13.9. The van der Waals surface area contributed by atoms with Crippen molar-refractivity contribution in [2.75, 3.05) is 7.11 Å². The lowest BCUT2D eigenvalue weighted by Gasteiger charge is -2.04. The minimum Gasteiger partial charge on any atom is -0.497 e. The normalized spacial score (nSPS) is 8.94. The molecular weight excluding hydrogens is 208 g/mol. The predicted molar refractivity (Wildman–Crippen MR) is 71.5 cm³/mol. The highest BCUT2D eigenvalue weighted by Gasteiger charge is 2.05. The van der Waals surface area contributed by atoms with E-state index in [0.29, 0.717) is 0 Å². The molecule has 87 valence electrons. The zero-order valence-corrected chi connectivity index (χ0v) is 10.6. The highest BCUT2D eigenvalue weighted by molar-refractivity contribution is 5.53. The first kappa shape index (κ1) is 13.2. The number of ether oxygens (including phenoxy) is 1. The third kappa shape index (κ3) is 4.25. The van der Waals surface area contributed by atoms with Crippen molar-refractivity contribution < 1.29 is 4.74 Å². The topological polar surface area (TPSA) is 9.23 Å². The van der Waals surface area contributed by atoms with E-state index in [4.69, 9.17) is 4.74 Å². The summed E-state index contributed by atoms with van der Waals surface area (Å²) in [7, 11) is 1.66. The summed E-state index contributed by atoms with van der Waals surface area (Å²) < 4.78 is 5.13. The molecule has 0 fully saturated rings. The van der Waals surface area contributed by atoms with Crippen molar-refractivity contribution in [1.29, 1.82) is 0 Å². The summed E-state index contributed by atoms with van der Waals surface area (Å²) >= 11 is 0. The minimum absolute atomic E-state index is 0.846. The van der Waals surface area contributed by atoms with E-state index in [0.717, 1.165) is 30.1 Å². The van der Waals surface area contributed by atoms with Gasteiger partial charge in [-0.3, -0.25) is 0 Å². The molecule has 0 saturated heterocycles. The van der Waals surface area contributed by atoms with E-state index in [1.54, 1.807) is 7.11 Å². The first-order chi connectivity index (χ1) is 8.31. The lowest BCUT2D eigenvalue weighted by Crippen LogP contribution is -1.94. The second-order valence-electron chi connectivity index (χ2n) is 3.53. The van der Waals surface area contributed by atoms with Gasteiger partial charge in [-0.2, -0.15) is 0 Å². The maximum atomic E-state index is 5.13. The fourth-order valence-electron chi connectivity index (χ4n) is 1.33. The van der Waals surface area contributed by atoms with Crippen molar-refractivity contribution in [3.63, 3.8) is 0 Å². The third-order valence-corrected chi connectivity index (χ3v) is 2.22. The van der Waals surface area contributed by atoms with Crippen LogP contribution >= 0.6 is 0 Å². The highest BCUT2D eigenvalue weighted by Crippen LogP contribution is 2.17. The predicted octanol–water partition coefficient (Wildman–Crippen LogP) is 3.44. The molecule has 1 aromatic carbocycles. The molecule has 0 aliphatic heterocycles. The maximum absolute atomic E-state index is 5.13. The van der Waals surface area contributed by atoms with E-state index >= 15 is 0 Å². The molecule has 0 spiro atoms. The van der Waals surface area contributed by atoms with E-state index in [1.165, 1.54) is 0 Å². The molecule has 0 amide bonds. The Balaban J connectivity index is 2.89. The molecule has 17 heavy (non-hydrogen) atoms. The molecule has 1 nitrogen and oxygen atoms in total. The lowest BCUT2D eigenvalue weighted by atomic mass is 10.00. The van der Waals surface area contributed by atoms with E-state index in [2.05, 4.69) is 30.6 Å². The summed E-state index contributed by atoms with van der Waals surface area (Å²) in [4.78, 5) is 0. The zero-order chi connectivity index (χ0) is 12.5. The van der Waals surface area contributed by atoms with Crippen molar-refractivity contribution in [3.8, 4) is 29.4 Å². The fourth-order valence-corrected chi connectivity index (χ4v) is 1.33. The quantitative estimate of drug-likeness (QED) is 0.716. The first-order valence-corrected chi connectivity index (χ1v) is 5.74. The molecule has 1 aromatic rings. The number of benzene rings is 1. The van der Waals surface area contributed by atoms with Gasteiger partial charge in [0.15, 0.2) is 0 Å². The molecule has 1 rings (SSSR count). The van der Waals surface area contributed by atoms with Gasteiger partial charge in [0.2, 0.25) is 0 Å². The van der Waals surface area contributed by atoms with Crippen LogP contribution in [0.5, 0.6) is 5.75 Å². The molecule has 0 N–H and O–H groups in total. The van der Waals surface area contributed by atoms with Crippen LogP contribution in [0.15, 0.2) is 24.3 Å². The van der Waals surface area contributed by atoms with Crippen LogP contribution in [0.2, 0.25) is 0 Å². The monoisotopic (exact) mass is 225 g/mol. The second-order valence-corrected chi connectivity index (χ2v) is 3.53. The molecular formula is C16H17O. The van der Waals surface area contributed by atoms with E-state index in [9.17, 15) is 0 Å².